The molecule has 0 heterocycles. The fourth-order valence-corrected chi connectivity index (χ4v) is 3.16. The zero-order valence-electron chi connectivity index (χ0n) is 18.1. The largest absolute Gasteiger partial charge is 0.379 e. The van der Waals surface area contributed by atoms with E-state index >= 15 is 0 Å². The Kier molecular flexibility index (Phi) is 16.9. The molecular formula is C20H41IN4O3. The number of nitrogens with zero attached hydrogens (tertiary/aromatic N) is 1. The van der Waals surface area contributed by atoms with E-state index in [1.165, 1.54) is 0 Å². The molecule has 8 heteroatoms. The highest BCUT2D eigenvalue weighted by Crippen LogP contribution is 2.24. The summed E-state index contributed by atoms with van der Waals surface area (Å²) in [5, 5.41) is 9.76. The zero-order valence-corrected chi connectivity index (χ0v) is 20.4. The van der Waals surface area contributed by atoms with Crippen LogP contribution in [-0.4, -0.2) is 64.0 Å². The standard InChI is InChI=1S/C20H40N4O3.HI/c1-5-6-11-26-13-14-27-12-10-22-20(21-4)24-18-9-7-8-17(15-18)19(25)23-16(2)3;/h16-18H,5-15H2,1-4H3,(H,23,25)(H2,21,22,24);1H. The summed E-state index contributed by atoms with van der Waals surface area (Å²) in [5.41, 5.74) is 0. The summed E-state index contributed by atoms with van der Waals surface area (Å²) in [6, 6.07) is 0.470. The van der Waals surface area contributed by atoms with Gasteiger partial charge in [-0.2, -0.15) is 0 Å². The van der Waals surface area contributed by atoms with E-state index in [0.29, 0.717) is 26.4 Å². The molecule has 3 N–H and O–H groups in total. The Morgan fingerprint density at radius 1 is 1.14 bits per heavy atom. The quantitative estimate of drug-likeness (QED) is 0.162. The molecule has 2 atom stereocenters. The molecule has 0 radical (unpaired) electrons. The van der Waals surface area contributed by atoms with E-state index in [-0.39, 0.29) is 47.9 Å². The Labute approximate surface area is 188 Å². The Bertz CT molecular complexity index is 436. The molecule has 0 bridgehead atoms. The minimum absolute atomic E-state index is 0. The second-order valence-corrected chi connectivity index (χ2v) is 7.45. The van der Waals surface area contributed by atoms with Crippen LogP contribution >= 0.6 is 24.0 Å². The molecule has 1 amide bonds. The minimum atomic E-state index is 0. The van der Waals surface area contributed by atoms with E-state index in [0.717, 1.165) is 51.1 Å². The normalized spacial score (nSPS) is 19.8. The monoisotopic (exact) mass is 512 g/mol. The van der Waals surface area contributed by atoms with E-state index in [1.807, 2.05) is 13.8 Å². The second-order valence-electron chi connectivity index (χ2n) is 7.45. The van der Waals surface area contributed by atoms with Crippen LogP contribution in [0.25, 0.3) is 0 Å². The van der Waals surface area contributed by atoms with Crippen molar-refractivity contribution in [2.45, 2.75) is 71.4 Å². The third-order valence-electron chi connectivity index (χ3n) is 4.59. The number of nitrogens with one attached hydrogen (secondary N) is 3. The highest BCUT2D eigenvalue weighted by Gasteiger charge is 2.27. The summed E-state index contributed by atoms with van der Waals surface area (Å²) in [5.74, 6) is 1.04. The molecule has 0 saturated heterocycles. The lowest BCUT2D eigenvalue weighted by molar-refractivity contribution is -0.126. The maximum atomic E-state index is 12.3. The molecule has 0 aromatic carbocycles. The van der Waals surface area contributed by atoms with Crippen LogP contribution < -0.4 is 16.0 Å². The number of unbranched alkanes of at least 4 members (excludes halogenated alkanes) is 1. The van der Waals surface area contributed by atoms with Crippen molar-refractivity contribution < 1.29 is 14.3 Å². The van der Waals surface area contributed by atoms with Crippen molar-refractivity contribution in [1.82, 2.24) is 16.0 Å². The zero-order chi connectivity index (χ0) is 19.9. The number of halogens is 1. The summed E-state index contributed by atoms with van der Waals surface area (Å²) in [6.45, 7) is 9.54. The van der Waals surface area contributed by atoms with E-state index in [9.17, 15) is 4.79 Å². The maximum Gasteiger partial charge on any atom is 0.223 e. The fraction of sp³-hybridized carbons (Fsp3) is 0.900. The first-order valence-corrected chi connectivity index (χ1v) is 10.5. The molecule has 7 nitrogen and oxygen atoms in total. The van der Waals surface area contributed by atoms with Crippen molar-refractivity contribution in [2.24, 2.45) is 10.9 Å². The Morgan fingerprint density at radius 3 is 2.50 bits per heavy atom. The summed E-state index contributed by atoms with van der Waals surface area (Å²) in [7, 11) is 1.77. The smallest absolute Gasteiger partial charge is 0.223 e. The SMILES string of the molecule is CCCCOCCOCCNC(=NC)NC1CCCC(C(=O)NC(C)C)C1.I. The molecule has 0 aliphatic heterocycles. The predicted molar refractivity (Wildman–Crippen MR) is 125 cm³/mol. The predicted octanol–water partition coefficient (Wildman–Crippen LogP) is 2.69. The van der Waals surface area contributed by atoms with Gasteiger partial charge in [-0.1, -0.05) is 19.8 Å². The number of carbonyl (C=O) groups is 1. The molecule has 0 spiro atoms. The number of rotatable bonds is 12. The average molecular weight is 512 g/mol. The molecule has 28 heavy (non-hydrogen) atoms. The van der Waals surface area contributed by atoms with Gasteiger partial charge in [-0.25, -0.2) is 0 Å². The Balaban J connectivity index is 0.00000729. The van der Waals surface area contributed by atoms with Crippen LogP contribution in [0, 0.1) is 5.92 Å². The number of hydrogen-bond donors (Lipinski definition) is 3. The van der Waals surface area contributed by atoms with Gasteiger partial charge in [0.15, 0.2) is 5.96 Å². The topological polar surface area (TPSA) is 84.0 Å². The van der Waals surface area contributed by atoms with Crippen molar-refractivity contribution in [1.29, 1.82) is 0 Å². The van der Waals surface area contributed by atoms with Gasteiger partial charge in [-0.05, 0) is 39.5 Å². The lowest BCUT2D eigenvalue weighted by atomic mass is 9.85. The highest BCUT2D eigenvalue weighted by atomic mass is 127. The Morgan fingerprint density at radius 2 is 1.86 bits per heavy atom. The third-order valence-corrected chi connectivity index (χ3v) is 4.59. The number of guanidine groups is 1. The number of hydrogen-bond acceptors (Lipinski definition) is 4. The van der Waals surface area contributed by atoms with Gasteiger partial charge < -0.3 is 25.4 Å². The van der Waals surface area contributed by atoms with Crippen molar-refractivity contribution in [3.05, 3.63) is 0 Å². The molecule has 1 rings (SSSR count). The molecule has 0 aromatic heterocycles. The van der Waals surface area contributed by atoms with Crippen molar-refractivity contribution >= 4 is 35.8 Å². The van der Waals surface area contributed by atoms with Gasteiger partial charge in [0, 0.05) is 38.2 Å². The molecule has 2 unspecified atom stereocenters. The van der Waals surface area contributed by atoms with Crippen LogP contribution in [0.4, 0.5) is 0 Å². The van der Waals surface area contributed by atoms with Crippen LogP contribution in [0.1, 0.15) is 59.3 Å². The summed E-state index contributed by atoms with van der Waals surface area (Å²) in [4.78, 5) is 16.5. The third kappa shape index (κ3) is 12.8. The van der Waals surface area contributed by atoms with E-state index < -0.39 is 0 Å². The van der Waals surface area contributed by atoms with Gasteiger partial charge in [-0.15, -0.1) is 24.0 Å². The molecule has 166 valence electrons. The fourth-order valence-electron chi connectivity index (χ4n) is 3.16. The molecule has 1 aliphatic rings. The summed E-state index contributed by atoms with van der Waals surface area (Å²) >= 11 is 0. The number of amides is 1. The van der Waals surface area contributed by atoms with Crippen molar-refractivity contribution in [2.75, 3.05) is 40.0 Å². The highest BCUT2D eigenvalue weighted by molar-refractivity contribution is 14.0. The first-order valence-electron chi connectivity index (χ1n) is 10.5. The lowest BCUT2D eigenvalue weighted by Gasteiger charge is -2.30. The van der Waals surface area contributed by atoms with Crippen LogP contribution in [0.2, 0.25) is 0 Å². The van der Waals surface area contributed by atoms with Gasteiger partial charge >= 0.3 is 0 Å². The van der Waals surface area contributed by atoms with Gasteiger partial charge in [0.2, 0.25) is 5.91 Å². The molecule has 0 aromatic rings. The van der Waals surface area contributed by atoms with Gasteiger partial charge in [-0.3, -0.25) is 9.79 Å². The van der Waals surface area contributed by atoms with Crippen LogP contribution in [-0.2, 0) is 14.3 Å². The Hall–Kier alpha value is -0.610. The number of ether oxygens (including phenoxy) is 2. The number of aliphatic imine (C=N–C) groups is 1. The van der Waals surface area contributed by atoms with Crippen LogP contribution in [0.3, 0.4) is 0 Å². The van der Waals surface area contributed by atoms with Crippen molar-refractivity contribution in [3.8, 4) is 0 Å². The average Bonchev–Trinajstić information content (AvgIpc) is 2.65. The van der Waals surface area contributed by atoms with E-state index in [2.05, 4.69) is 27.9 Å². The van der Waals surface area contributed by atoms with Crippen LogP contribution in [0.15, 0.2) is 4.99 Å². The van der Waals surface area contributed by atoms with E-state index in [4.69, 9.17) is 9.47 Å². The molecule has 1 aliphatic carbocycles. The van der Waals surface area contributed by atoms with Gasteiger partial charge in [0.25, 0.3) is 0 Å². The van der Waals surface area contributed by atoms with Crippen molar-refractivity contribution in [3.63, 3.8) is 0 Å². The summed E-state index contributed by atoms with van der Waals surface area (Å²) < 4.78 is 11.0. The van der Waals surface area contributed by atoms with Gasteiger partial charge in [0.1, 0.15) is 0 Å². The van der Waals surface area contributed by atoms with Gasteiger partial charge in [0.05, 0.1) is 19.8 Å². The van der Waals surface area contributed by atoms with Crippen LogP contribution in [0.5, 0.6) is 0 Å². The summed E-state index contributed by atoms with van der Waals surface area (Å²) in [6.07, 6.45) is 6.21. The molecule has 1 saturated carbocycles. The first kappa shape index (κ1) is 27.4. The first-order chi connectivity index (χ1) is 13.1. The minimum Gasteiger partial charge on any atom is -0.379 e. The van der Waals surface area contributed by atoms with E-state index in [1.54, 1.807) is 7.05 Å². The maximum absolute atomic E-state index is 12.3. The molecule has 1 fully saturated rings. The lowest BCUT2D eigenvalue weighted by Crippen LogP contribution is -2.48. The second kappa shape index (κ2) is 17.3. The number of carbonyl (C=O) groups excluding carboxylic acids is 1. The molecular weight excluding hydrogens is 471 g/mol.